The van der Waals surface area contributed by atoms with Crippen LogP contribution in [0.3, 0.4) is 0 Å². The molecule has 2 amide bonds. The maximum Gasteiger partial charge on any atom is 0.407 e. The Morgan fingerprint density at radius 2 is 1.57 bits per heavy atom. The molecule has 0 saturated heterocycles. The Kier molecular flexibility index (Phi) is 5.82. The third kappa shape index (κ3) is 3.87. The minimum absolute atomic E-state index is 0.0808. The van der Waals surface area contributed by atoms with E-state index in [1.54, 1.807) is 0 Å². The number of rotatable bonds is 6. The van der Waals surface area contributed by atoms with Gasteiger partial charge in [-0.2, -0.15) is 0 Å². The summed E-state index contributed by atoms with van der Waals surface area (Å²) in [6.07, 6.45) is -0.723. The summed E-state index contributed by atoms with van der Waals surface area (Å²) in [5, 5.41) is 11.8. The standard InChI is InChI=1S/C23H26N2O5/c1-14(20(26)25(4)23(2,3)21(27)28)24-22(29)30-13-19-17-11-7-5-9-15(17)16-10-6-8-12-18(16)19/h5-12,14,19H,13H2,1-4H3,(H,24,29)(H,27,28)/t14-/m0/s1. The van der Waals surface area contributed by atoms with E-state index < -0.39 is 29.6 Å². The molecule has 30 heavy (non-hydrogen) atoms. The van der Waals surface area contributed by atoms with Gasteiger partial charge in [0.2, 0.25) is 5.91 Å². The summed E-state index contributed by atoms with van der Waals surface area (Å²) in [4.78, 5) is 37.3. The number of carbonyl (C=O) groups is 3. The van der Waals surface area contributed by atoms with Gasteiger partial charge in [0.05, 0.1) is 0 Å². The predicted molar refractivity (Wildman–Crippen MR) is 112 cm³/mol. The molecule has 0 fully saturated rings. The number of hydrogen-bond acceptors (Lipinski definition) is 4. The second-order valence-electron chi connectivity index (χ2n) is 7.95. The van der Waals surface area contributed by atoms with Crippen LogP contribution in [-0.4, -0.2) is 53.2 Å². The summed E-state index contributed by atoms with van der Waals surface area (Å²) in [6.45, 7) is 4.48. The van der Waals surface area contributed by atoms with E-state index in [1.807, 2.05) is 36.4 Å². The molecule has 7 heteroatoms. The van der Waals surface area contributed by atoms with Crippen molar-refractivity contribution in [2.75, 3.05) is 13.7 Å². The van der Waals surface area contributed by atoms with Crippen molar-refractivity contribution in [1.29, 1.82) is 0 Å². The molecule has 0 spiro atoms. The van der Waals surface area contributed by atoms with Crippen molar-refractivity contribution in [3.8, 4) is 11.1 Å². The number of carboxylic acid groups (broad SMARTS) is 1. The van der Waals surface area contributed by atoms with Gasteiger partial charge in [-0.15, -0.1) is 0 Å². The van der Waals surface area contributed by atoms with E-state index in [9.17, 15) is 19.5 Å². The number of benzene rings is 2. The first-order valence-corrected chi connectivity index (χ1v) is 9.77. The normalized spacial score (nSPS) is 13.7. The number of ether oxygens (including phenoxy) is 1. The Balaban J connectivity index is 1.64. The van der Waals surface area contributed by atoms with Gasteiger partial charge >= 0.3 is 12.1 Å². The van der Waals surface area contributed by atoms with E-state index in [0.29, 0.717) is 0 Å². The Labute approximate surface area is 175 Å². The first-order valence-electron chi connectivity index (χ1n) is 9.77. The number of fused-ring (bicyclic) bond motifs is 3. The molecule has 158 valence electrons. The van der Waals surface area contributed by atoms with Crippen molar-refractivity contribution in [2.45, 2.75) is 38.3 Å². The van der Waals surface area contributed by atoms with E-state index in [1.165, 1.54) is 27.8 Å². The number of alkyl carbamates (subject to hydrolysis) is 1. The third-order valence-corrected chi connectivity index (χ3v) is 5.74. The van der Waals surface area contributed by atoms with E-state index in [4.69, 9.17) is 4.74 Å². The summed E-state index contributed by atoms with van der Waals surface area (Å²) >= 11 is 0. The Morgan fingerprint density at radius 3 is 2.07 bits per heavy atom. The molecule has 0 saturated carbocycles. The molecule has 0 bridgehead atoms. The lowest BCUT2D eigenvalue weighted by molar-refractivity contribution is -0.155. The number of hydrogen-bond donors (Lipinski definition) is 2. The lowest BCUT2D eigenvalue weighted by atomic mass is 9.98. The monoisotopic (exact) mass is 410 g/mol. The highest BCUT2D eigenvalue weighted by atomic mass is 16.5. The van der Waals surface area contributed by atoms with Crippen molar-refractivity contribution < 1.29 is 24.2 Å². The highest BCUT2D eigenvalue weighted by molar-refractivity contribution is 5.90. The van der Waals surface area contributed by atoms with Crippen molar-refractivity contribution in [2.24, 2.45) is 0 Å². The van der Waals surface area contributed by atoms with Crippen LogP contribution in [0.4, 0.5) is 4.79 Å². The molecule has 0 unspecified atom stereocenters. The van der Waals surface area contributed by atoms with Gasteiger partial charge in [-0.3, -0.25) is 4.79 Å². The second kappa shape index (κ2) is 8.18. The zero-order valence-corrected chi connectivity index (χ0v) is 17.5. The fourth-order valence-corrected chi connectivity index (χ4v) is 3.59. The van der Waals surface area contributed by atoms with Crippen LogP contribution in [-0.2, 0) is 14.3 Å². The van der Waals surface area contributed by atoms with E-state index in [2.05, 4.69) is 17.4 Å². The van der Waals surface area contributed by atoms with Crippen LogP contribution in [0.1, 0.15) is 37.8 Å². The molecule has 1 aliphatic carbocycles. The molecular weight excluding hydrogens is 384 g/mol. The zero-order valence-electron chi connectivity index (χ0n) is 17.5. The molecule has 0 radical (unpaired) electrons. The molecule has 0 aliphatic heterocycles. The predicted octanol–water partition coefficient (Wildman–Crippen LogP) is 3.24. The molecule has 2 N–H and O–H groups in total. The average Bonchev–Trinajstić information content (AvgIpc) is 3.04. The summed E-state index contributed by atoms with van der Waals surface area (Å²) in [7, 11) is 1.40. The third-order valence-electron chi connectivity index (χ3n) is 5.74. The van der Waals surface area contributed by atoms with Gasteiger partial charge in [-0.05, 0) is 43.0 Å². The summed E-state index contributed by atoms with van der Waals surface area (Å²) in [5.74, 6) is -1.73. The minimum atomic E-state index is -1.39. The maximum absolute atomic E-state index is 12.5. The number of likely N-dealkylation sites (N-methyl/N-ethyl adjacent to an activating group) is 1. The summed E-state index contributed by atoms with van der Waals surface area (Å²) in [6, 6.07) is 15.1. The molecular formula is C23H26N2O5. The van der Waals surface area contributed by atoms with Crippen molar-refractivity contribution in [1.82, 2.24) is 10.2 Å². The molecule has 3 rings (SSSR count). The Bertz CT molecular complexity index is 940. The van der Waals surface area contributed by atoms with Crippen LogP contribution >= 0.6 is 0 Å². The second-order valence-corrected chi connectivity index (χ2v) is 7.95. The molecule has 2 aromatic rings. The smallest absolute Gasteiger partial charge is 0.407 e. The van der Waals surface area contributed by atoms with Crippen molar-refractivity contribution >= 4 is 18.0 Å². The van der Waals surface area contributed by atoms with Crippen LogP contribution in [0.5, 0.6) is 0 Å². The lowest BCUT2D eigenvalue weighted by Crippen LogP contribution is -2.56. The van der Waals surface area contributed by atoms with Gasteiger partial charge < -0.3 is 20.1 Å². The van der Waals surface area contributed by atoms with Gasteiger partial charge in [0, 0.05) is 13.0 Å². The number of amides is 2. The van der Waals surface area contributed by atoms with Crippen LogP contribution in [0.15, 0.2) is 48.5 Å². The maximum atomic E-state index is 12.5. The van der Waals surface area contributed by atoms with Gasteiger partial charge in [-0.25, -0.2) is 9.59 Å². The van der Waals surface area contributed by atoms with Gasteiger partial charge in [0.15, 0.2) is 0 Å². The fourth-order valence-electron chi connectivity index (χ4n) is 3.59. The summed E-state index contributed by atoms with van der Waals surface area (Å²) in [5.41, 5.74) is 3.05. The van der Waals surface area contributed by atoms with Crippen molar-refractivity contribution in [3.05, 3.63) is 59.7 Å². The minimum Gasteiger partial charge on any atom is -0.480 e. The molecule has 1 aliphatic rings. The number of carboxylic acids is 1. The fraction of sp³-hybridized carbons (Fsp3) is 0.348. The number of nitrogens with one attached hydrogen (secondary N) is 1. The first-order chi connectivity index (χ1) is 14.1. The number of carbonyl (C=O) groups excluding carboxylic acids is 2. The molecule has 7 nitrogen and oxygen atoms in total. The Hall–Kier alpha value is -3.35. The molecule has 2 aromatic carbocycles. The van der Waals surface area contributed by atoms with Crippen LogP contribution in [0.25, 0.3) is 11.1 Å². The molecule has 0 aromatic heterocycles. The van der Waals surface area contributed by atoms with Crippen LogP contribution < -0.4 is 5.32 Å². The lowest BCUT2D eigenvalue weighted by Gasteiger charge is -2.33. The van der Waals surface area contributed by atoms with E-state index >= 15 is 0 Å². The quantitative estimate of drug-likeness (QED) is 0.762. The molecule has 0 heterocycles. The van der Waals surface area contributed by atoms with E-state index in [-0.39, 0.29) is 12.5 Å². The molecule has 1 atom stereocenters. The van der Waals surface area contributed by atoms with E-state index in [0.717, 1.165) is 27.2 Å². The average molecular weight is 410 g/mol. The highest BCUT2D eigenvalue weighted by Gasteiger charge is 2.37. The largest absolute Gasteiger partial charge is 0.480 e. The number of nitrogens with zero attached hydrogens (tertiary/aromatic N) is 1. The highest BCUT2D eigenvalue weighted by Crippen LogP contribution is 2.44. The Morgan fingerprint density at radius 1 is 1.07 bits per heavy atom. The van der Waals surface area contributed by atoms with Gasteiger partial charge in [0.25, 0.3) is 0 Å². The topological polar surface area (TPSA) is 95.9 Å². The zero-order chi connectivity index (χ0) is 22.1. The first kappa shape index (κ1) is 21.4. The van der Waals surface area contributed by atoms with Gasteiger partial charge in [0.1, 0.15) is 18.2 Å². The van der Waals surface area contributed by atoms with Gasteiger partial charge in [-0.1, -0.05) is 48.5 Å². The van der Waals surface area contributed by atoms with Crippen molar-refractivity contribution in [3.63, 3.8) is 0 Å². The summed E-state index contributed by atoms with van der Waals surface area (Å²) < 4.78 is 5.44. The van der Waals surface area contributed by atoms with Crippen LogP contribution in [0.2, 0.25) is 0 Å². The number of aliphatic carboxylic acids is 1. The SMILES string of the molecule is C[C@H](NC(=O)OCC1c2ccccc2-c2ccccc21)C(=O)N(C)C(C)(C)C(=O)O. The van der Waals surface area contributed by atoms with Crippen LogP contribution in [0, 0.1) is 0 Å².